The summed E-state index contributed by atoms with van der Waals surface area (Å²) in [5.74, 6) is 0. The highest BCUT2D eigenvalue weighted by atomic mass is 35.5. The first-order valence-corrected chi connectivity index (χ1v) is 6.98. The highest BCUT2D eigenvalue weighted by Crippen LogP contribution is 2.32. The summed E-state index contributed by atoms with van der Waals surface area (Å²) in [6.07, 6.45) is 2.84. The molecule has 1 aromatic rings. The van der Waals surface area contributed by atoms with Crippen molar-refractivity contribution >= 4 is 48.0 Å². The smallest absolute Gasteiger partial charge is 0.0455 e. The SMILES string of the molecule is C=CC[C@@H](c1cc(Cl)ccc1Cl)N1CCNCC1.Cl.Cl. The summed E-state index contributed by atoms with van der Waals surface area (Å²) in [5, 5.41) is 4.88. The average Bonchev–Trinajstić information content (AvgIpc) is 2.40. The van der Waals surface area contributed by atoms with Crippen molar-refractivity contribution in [2.24, 2.45) is 0 Å². The molecular weight excluding hydrogens is 338 g/mol. The van der Waals surface area contributed by atoms with Crippen LogP contribution in [0.4, 0.5) is 0 Å². The van der Waals surface area contributed by atoms with Crippen molar-refractivity contribution in [3.05, 3.63) is 46.5 Å². The molecule has 0 aliphatic carbocycles. The van der Waals surface area contributed by atoms with Crippen LogP contribution in [0.1, 0.15) is 18.0 Å². The van der Waals surface area contributed by atoms with Gasteiger partial charge in [-0.05, 0) is 30.2 Å². The van der Waals surface area contributed by atoms with Crippen LogP contribution >= 0.6 is 48.0 Å². The van der Waals surface area contributed by atoms with Gasteiger partial charge in [0.05, 0.1) is 0 Å². The van der Waals surface area contributed by atoms with E-state index in [-0.39, 0.29) is 30.9 Å². The van der Waals surface area contributed by atoms with Crippen molar-refractivity contribution in [2.45, 2.75) is 12.5 Å². The van der Waals surface area contributed by atoms with Crippen LogP contribution < -0.4 is 5.32 Å². The molecule has 0 bridgehead atoms. The lowest BCUT2D eigenvalue weighted by molar-refractivity contribution is 0.174. The normalized spacial score (nSPS) is 16.7. The second-order valence-corrected chi connectivity index (χ2v) is 5.34. The molecular formula is C14H20Cl4N2. The highest BCUT2D eigenvalue weighted by molar-refractivity contribution is 6.33. The Labute approximate surface area is 143 Å². The highest BCUT2D eigenvalue weighted by Gasteiger charge is 2.23. The lowest BCUT2D eigenvalue weighted by atomic mass is 10.0. The Hall–Kier alpha value is 0.0400. The zero-order valence-electron chi connectivity index (χ0n) is 11.1. The molecule has 0 saturated carbocycles. The molecule has 1 aliphatic rings. The standard InChI is InChI=1S/C14H18Cl2N2.2ClH/c1-2-3-14(18-8-6-17-7-9-18)12-10-11(15)4-5-13(12)16;;/h2,4-5,10,14,17H,1,3,6-9H2;2*1H/t14-;;/m0../s1. The van der Waals surface area contributed by atoms with Crippen LogP contribution in [0.5, 0.6) is 0 Å². The molecule has 1 N–H and O–H groups in total. The van der Waals surface area contributed by atoms with Gasteiger partial charge in [-0.1, -0.05) is 29.3 Å². The summed E-state index contributed by atoms with van der Waals surface area (Å²) in [6, 6.07) is 5.95. The van der Waals surface area contributed by atoms with E-state index in [1.54, 1.807) is 0 Å². The maximum absolute atomic E-state index is 6.31. The van der Waals surface area contributed by atoms with E-state index in [2.05, 4.69) is 16.8 Å². The molecule has 20 heavy (non-hydrogen) atoms. The van der Waals surface area contributed by atoms with E-state index >= 15 is 0 Å². The number of halogens is 4. The van der Waals surface area contributed by atoms with Gasteiger partial charge in [0.25, 0.3) is 0 Å². The van der Waals surface area contributed by atoms with E-state index in [1.165, 1.54) is 0 Å². The predicted molar refractivity (Wildman–Crippen MR) is 93.0 cm³/mol. The van der Waals surface area contributed by atoms with E-state index in [0.29, 0.717) is 0 Å². The minimum atomic E-state index is 0. The monoisotopic (exact) mass is 356 g/mol. The van der Waals surface area contributed by atoms with Crippen molar-refractivity contribution in [3.8, 4) is 0 Å². The Bertz CT molecular complexity index is 420. The van der Waals surface area contributed by atoms with Gasteiger partial charge in [0.1, 0.15) is 0 Å². The minimum Gasteiger partial charge on any atom is -0.314 e. The van der Waals surface area contributed by atoms with Gasteiger partial charge >= 0.3 is 0 Å². The first-order valence-electron chi connectivity index (χ1n) is 6.23. The fourth-order valence-corrected chi connectivity index (χ4v) is 2.82. The lowest BCUT2D eigenvalue weighted by Crippen LogP contribution is -2.45. The van der Waals surface area contributed by atoms with Crippen molar-refractivity contribution in [3.63, 3.8) is 0 Å². The molecule has 0 radical (unpaired) electrons. The molecule has 1 atom stereocenters. The molecule has 0 spiro atoms. The third-order valence-electron chi connectivity index (χ3n) is 3.30. The Morgan fingerprint density at radius 2 is 1.90 bits per heavy atom. The largest absolute Gasteiger partial charge is 0.314 e. The Morgan fingerprint density at radius 1 is 1.25 bits per heavy atom. The average molecular weight is 358 g/mol. The zero-order chi connectivity index (χ0) is 13.0. The summed E-state index contributed by atoms with van der Waals surface area (Å²) in [5.41, 5.74) is 1.10. The van der Waals surface area contributed by atoms with Crippen LogP contribution in [0.15, 0.2) is 30.9 Å². The second kappa shape index (κ2) is 9.88. The van der Waals surface area contributed by atoms with E-state index in [9.17, 15) is 0 Å². The van der Waals surface area contributed by atoms with E-state index in [4.69, 9.17) is 23.2 Å². The van der Waals surface area contributed by atoms with Crippen molar-refractivity contribution in [1.29, 1.82) is 0 Å². The van der Waals surface area contributed by atoms with Gasteiger partial charge in [-0.15, -0.1) is 31.4 Å². The molecule has 2 rings (SSSR count). The van der Waals surface area contributed by atoms with Gasteiger partial charge in [0, 0.05) is 42.3 Å². The Kier molecular flexibility index (Phi) is 9.90. The van der Waals surface area contributed by atoms with Gasteiger partial charge in [0.15, 0.2) is 0 Å². The molecule has 1 heterocycles. The maximum Gasteiger partial charge on any atom is 0.0455 e. The third kappa shape index (κ3) is 5.10. The number of piperazine rings is 1. The van der Waals surface area contributed by atoms with E-state index < -0.39 is 0 Å². The van der Waals surface area contributed by atoms with Crippen LogP contribution in [0.2, 0.25) is 10.0 Å². The first kappa shape index (κ1) is 20.0. The third-order valence-corrected chi connectivity index (χ3v) is 3.88. The second-order valence-electron chi connectivity index (χ2n) is 4.49. The molecule has 6 heteroatoms. The van der Waals surface area contributed by atoms with E-state index in [1.807, 2.05) is 24.3 Å². The predicted octanol–water partition coefficient (Wildman–Crippen LogP) is 4.36. The summed E-state index contributed by atoms with van der Waals surface area (Å²) >= 11 is 12.4. The molecule has 1 saturated heterocycles. The van der Waals surface area contributed by atoms with Gasteiger partial charge in [-0.2, -0.15) is 0 Å². The maximum atomic E-state index is 6.31. The number of rotatable bonds is 4. The number of benzene rings is 1. The molecule has 1 aliphatic heterocycles. The molecule has 0 amide bonds. The summed E-state index contributed by atoms with van der Waals surface area (Å²) in [6.45, 7) is 7.95. The summed E-state index contributed by atoms with van der Waals surface area (Å²) in [4.78, 5) is 2.44. The van der Waals surface area contributed by atoms with Crippen LogP contribution in [0.25, 0.3) is 0 Å². The molecule has 0 aromatic heterocycles. The Balaban J connectivity index is 0.00000180. The van der Waals surface area contributed by atoms with Gasteiger partial charge in [0.2, 0.25) is 0 Å². The van der Waals surface area contributed by atoms with Crippen molar-refractivity contribution in [2.75, 3.05) is 26.2 Å². The van der Waals surface area contributed by atoms with Crippen molar-refractivity contribution < 1.29 is 0 Å². The molecule has 1 fully saturated rings. The zero-order valence-corrected chi connectivity index (χ0v) is 14.3. The van der Waals surface area contributed by atoms with Gasteiger partial charge in [-0.3, -0.25) is 4.90 Å². The van der Waals surface area contributed by atoms with Gasteiger partial charge < -0.3 is 5.32 Å². The number of hydrogen-bond donors (Lipinski definition) is 1. The fraction of sp³-hybridized carbons (Fsp3) is 0.429. The van der Waals surface area contributed by atoms with Crippen LogP contribution in [-0.2, 0) is 0 Å². The minimum absolute atomic E-state index is 0. The van der Waals surface area contributed by atoms with Crippen molar-refractivity contribution in [1.82, 2.24) is 10.2 Å². The number of hydrogen-bond acceptors (Lipinski definition) is 2. The first-order chi connectivity index (χ1) is 8.72. The number of nitrogens with zero attached hydrogens (tertiary/aromatic N) is 1. The topological polar surface area (TPSA) is 15.3 Å². The molecule has 0 unspecified atom stereocenters. The van der Waals surface area contributed by atoms with Crippen LogP contribution in [0, 0.1) is 0 Å². The number of nitrogens with one attached hydrogen (secondary N) is 1. The molecule has 1 aromatic carbocycles. The summed E-state index contributed by atoms with van der Waals surface area (Å²) in [7, 11) is 0. The quantitative estimate of drug-likeness (QED) is 0.805. The van der Waals surface area contributed by atoms with E-state index in [0.717, 1.165) is 48.2 Å². The summed E-state index contributed by atoms with van der Waals surface area (Å²) < 4.78 is 0. The molecule has 114 valence electrons. The fourth-order valence-electron chi connectivity index (χ4n) is 2.39. The molecule has 2 nitrogen and oxygen atoms in total. The van der Waals surface area contributed by atoms with Gasteiger partial charge in [-0.25, -0.2) is 0 Å². The Morgan fingerprint density at radius 3 is 2.50 bits per heavy atom. The van der Waals surface area contributed by atoms with Crippen LogP contribution in [0.3, 0.4) is 0 Å². The lowest BCUT2D eigenvalue weighted by Gasteiger charge is -2.35. The van der Waals surface area contributed by atoms with Crippen LogP contribution in [-0.4, -0.2) is 31.1 Å².